The van der Waals surface area contributed by atoms with E-state index in [-0.39, 0.29) is 5.82 Å². The van der Waals surface area contributed by atoms with E-state index in [1.807, 2.05) is 9.47 Å². The maximum Gasteiger partial charge on any atom is 0.152 e. The van der Waals surface area contributed by atoms with Gasteiger partial charge in [0, 0.05) is 18.7 Å². The molecule has 0 aliphatic carbocycles. The summed E-state index contributed by atoms with van der Waals surface area (Å²) >= 11 is 0. The number of aliphatic hydroxyl groups is 1. The number of anilines is 1. The van der Waals surface area contributed by atoms with Crippen LogP contribution in [0.2, 0.25) is 0 Å². The van der Waals surface area contributed by atoms with Crippen molar-refractivity contribution in [2.75, 3.05) is 11.4 Å². The van der Waals surface area contributed by atoms with Gasteiger partial charge in [0.05, 0.1) is 18.3 Å². The second-order valence-electron chi connectivity index (χ2n) is 4.72. The summed E-state index contributed by atoms with van der Waals surface area (Å²) in [6, 6.07) is 4.79. The number of benzene rings is 1. The van der Waals surface area contributed by atoms with Gasteiger partial charge in [-0.2, -0.15) is 0 Å². The standard InChI is InChI=1S/C13H15FN4O/c1-9(19)10-3-2-4-11(14)13(10)17-5-6-18-8-15-16-12(18)7-17/h2-4,8-9,19H,5-7H2,1H3/t9-/m0/s1. The van der Waals surface area contributed by atoms with Crippen LogP contribution in [-0.2, 0) is 13.1 Å². The zero-order valence-corrected chi connectivity index (χ0v) is 10.6. The van der Waals surface area contributed by atoms with Crippen molar-refractivity contribution in [3.8, 4) is 0 Å². The van der Waals surface area contributed by atoms with Crippen molar-refractivity contribution >= 4 is 5.69 Å². The Morgan fingerprint density at radius 1 is 1.37 bits per heavy atom. The van der Waals surface area contributed by atoms with E-state index in [2.05, 4.69) is 10.2 Å². The molecule has 1 atom stereocenters. The lowest BCUT2D eigenvalue weighted by Gasteiger charge is -2.31. The molecule has 5 nitrogen and oxygen atoms in total. The Morgan fingerprint density at radius 2 is 2.21 bits per heavy atom. The van der Waals surface area contributed by atoms with Gasteiger partial charge >= 0.3 is 0 Å². The van der Waals surface area contributed by atoms with Gasteiger partial charge in [-0.15, -0.1) is 10.2 Å². The van der Waals surface area contributed by atoms with Crippen LogP contribution in [0.25, 0.3) is 0 Å². The number of rotatable bonds is 2. The first-order chi connectivity index (χ1) is 9.16. The van der Waals surface area contributed by atoms with E-state index in [0.717, 1.165) is 12.4 Å². The van der Waals surface area contributed by atoms with Gasteiger partial charge in [0.25, 0.3) is 0 Å². The van der Waals surface area contributed by atoms with Crippen molar-refractivity contribution in [3.63, 3.8) is 0 Å². The highest BCUT2D eigenvalue weighted by Gasteiger charge is 2.23. The van der Waals surface area contributed by atoms with Crippen molar-refractivity contribution in [2.45, 2.75) is 26.1 Å². The third-order valence-electron chi connectivity index (χ3n) is 3.42. The number of aliphatic hydroxyl groups excluding tert-OH is 1. The van der Waals surface area contributed by atoms with E-state index >= 15 is 0 Å². The minimum absolute atomic E-state index is 0.314. The molecule has 1 N–H and O–H groups in total. The monoisotopic (exact) mass is 262 g/mol. The van der Waals surface area contributed by atoms with Gasteiger partial charge in [-0.1, -0.05) is 12.1 Å². The maximum atomic E-state index is 14.1. The molecule has 0 bridgehead atoms. The maximum absolute atomic E-state index is 14.1. The van der Waals surface area contributed by atoms with Gasteiger partial charge in [0.15, 0.2) is 5.82 Å². The molecule has 0 amide bonds. The second kappa shape index (κ2) is 4.62. The van der Waals surface area contributed by atoms with Crippen LogP contribution in [0.15, 0.2) is 24.5 Å². The predicted molar refractivity (Wildman–Crippen MR) is 68.1 cm³/mol. The predicted octanol–water partition coefficient (Wildman–Crippen LogP) is 1.49. The molecule has 1 aromatic carbocycles. The molecule has 0 radical (unpaired) electrons. The molecule has 6 heteroatoms. The molecule has 1 aromatic heterocycles. The van der Waals surface area contributed by atoms with Crippen molar-refractivity contribution in [1.29, 1.82) is 0 Å². The Hall–Kier alpha value is -1.95. The fraction of sp³-hybridized carbons (Fsp3) is 0.385. The largest absolute Gasteiger partial charge is 0.389 e. The lowest BCUT2D eigenvalue weighted by molar-refractivity contribution is 0.199. The van der Waals surface area contributed by atoms with Crippen LogP contribution in [0.3, 0.4) is 0 Å². The number of halogens is 1. The summed E-state index contributed by atoms with van der Waals surface area (Å²) in [5.41, 5.74) is 1.07. The minimum Gasteiger partial charge on any atom is -0.389 e. The summed E-state index contributed by atoms with van der Waals surface area (Å²) < 4.78 is 16.1. The number of fused-ring (bicyclic) bond motifs is 1. The molecule has 0 unspecified atom stereocenters. The summed E-state index contributed by atoms with van der Waals surface area (Å²) in [6.45, 7) is 3.53. The normalized spacial score (nSPS) is 16.3. The molecule has 100 valence electrons. The van der Waals surface area contributed by atoms with Crippen LogP contribution in [-0.4, -0.2) is 26.4 Å². The second-order valence-corrected chi connectivity index (χ2v) is 4.72. The highest BCUT2D eigenvalue weighted by atomic mass is 19.1. The fourth-order valence-electron chi connectivity index (χ4n) is 2.46. The number of aromatic nitrogens is 3. The summed E-state index contributed by atoms with van der Waals surface area (Å²) in [6.07, 6.45) is 0.981. The first kappa shape index (κ1) is 12.1. The quantitative estimate of drug-likeness (QED) is 0.891. The Labute approximate surface area is 110 Å². The van der Waals surface area contributed by atoms with Gasteiger partial charge in [-0.3, -0.25) is 0 Å². The van der Waals surface area contributed by atoms with Crippen LogP contribution in [0, 0.1) is 5.82 Å². The number of hydrogen-bond donors (Lipinski definition) is 1. The minimum atomic E-state index is -0.703. The zero-order chi connectivity index (χ0) is 13.4. The highest BCUT2D eigenvalue weighted by molar-refractivity contribution is 5.56. The molecule has 0 fully saturated rings. The van der Waals surface area contributed by atoms with E-state index in [0.29, 0.717) is 24.3 Å². The molecule has 3 rings (SSSR count). The van der Waals surface area contributed by atoms with Crippen LogP contribution in [0.5, 0.6) is 0 Å². The lowest BCUT2D eigenvalue weighted by Crippen LogP contribution is -2.35. The first-order valence-electron chi connectivity index (χ1n) is 6.25. The van der Waals surface area contributed by atoms with E-state index in [1.165, 1.54) is 6.07 Å². The summed E-state index contributed by atoms with van der Waals surface area (Å²) in [5, 5.41) is 17.7. The summed E-state index contributed by atoms with van der Waals surface area (Å²) in [7, 11) is 0. The average molecular weight is 262 g/mol. The van der Waals surface area contributed by atoms with E-state index in [1.54, 1.807) is 25.4 Å². The van der Waals surface area contributed by atoms with Gasteiger partial charge in [0.2, 0.25) is 0 Å². The number of nitrogens with zero attached hydrogens (tertiary/aromatic N) is 4. The number of hydrogen-bond acceptors (Lipinski definition) is 4. The molecule has 19 heavy (non-hydrogen) atoms. The molecule has 2 aromatic rings. The molecule has 2 heterocycles. The summed E-state index contributed by atoms with van der Waals surface area (Å²) in [5.74, 6) is 0.498. The van der Waals surface area contributed by atoms with Crippen molar-refractivity contribution in [2.24, 2.45) is 0 Å². The van der Waals surface area contributed by atoms with Crippen LogP contribution in [0.1, 0.15) is 24.4 Å². The van der Waals surface area contributed by atoms with Gasteiger partial charge in [0.1, 0.15) is 12.1 Å². The SMILES string of the molecule is C[C@H](O)c1cccc(F)c1N1CCn2cnnc2C1. The third kappa shape index (κ3) is 2.08. The molecular formula is C13H15FN4O. The van der Waals surface area contributed by atoms with Gasteiger partial charge < -0.3 is 14.6 Å². The summed E-state index contributed by atoms with van der Waals surface area (Å²) in [4.78, 5) is 1.90. The molecule has 1 aliphatic heterocycles. The van der Waals surface area contributed by atoms with E-state index in [4.69, 9.17) is 0 Å². The van der Waals surface area contributed by atoms with Crippen molar-refractivity contribution in [3.05, 3.63) is 41.7 Å². The Kier molecular flexibility index (Phi) is 2.94. The number of para-hydroxylation sites is 1. The zero-order valence-electron chi connectivity index (χ0n) is 10.6. The van der Waals surface area contributed by atoms with Crippen LogP contribution in [0.4, 0.5) is 10.1 Å². The van der Waals surface area contributed by atoms with Gasteiger partial charge in [-0.25, -0.2) is 4.39 Å². The Bertz CT molecular complexity index is 596. The van der Waals surface area contributed by atoms with E-state index < -0.39 is 6.10 Å². The lowest BCUT2D eigenvalue weighted by atomic mass is 10.1. The molecular weight excluding hydrogens is 247 g/mol. The Balaban J connectivity index is 2.00. The first-order valence-corrected chi connectivity index (χ1v) is 6.25. The molecule has 0 saturated heterocycles. The van der Waals surface area contributed by atoms with E-state index in [9.17, 15) is 9.50 Å². The fourth-order valence-corrected chi connectivity index (χ4v) is 2.46. The van der Waals surface area contributed by atoms with Crippen molar-refractivity contribution in [1.82, 2.24) is 14.8 Å². The van der Waals surface area contributed by atoms with Crippen LogP contribution >= 0.6 is 0 Å². The third-order valence-corrected chi connectivity index (χ3v) is 3.42. The highest BCUT2D eigenvalue weighted by Crippen LogP contribution is 2.31. The molecule has 0 spiro atoms. The molecule has 0 saturated carbocycles. The van der Waals surface area contributed by atoms with Crippen molar-refractivity contribution < 1.29 is 9.50 Å². The smallest absolute Gasteiger partial charge is 0.152 e. The Morgan fingerprint density at radius 3 is 3.00 bits per heavy atom. The molecule has 1 aliphatic rings. The van der Waals surface area contributed by atoms with Gasteiger partial charge in [-0.05, 0) is 13.0 Å². The topological polar surface area (TPSA) is 54.2 Å². The van der Waals surface area contributed by atoms with Crippen LogP contribution < -0.4 is 4.90 Å². The average Bonchev–Trinajstić information content (AvgIpc) is 2.85.